The summed E-state index contributed by atoms with van der Waals surface area (Å²) in [6.07, 6.45) is 5.36. The first-order chi connectivity index (χ1) is 15.0. The number of halogens is 3. The van der Waals surface area contributed by atoms with Gasteiger partial charge in [0, 0.05) is 32.5 Å². The maximum atomic E-state index is 12.0. The Morgan fingerprint density at radius 3 is 2.42 bits per heavy atom. The first-order valence-electron chi connectivity index (χ1n) is 9.35. The van der Waals surface area contributed by atoms with Crippen LogP contribution in [0.3, 0.4) is 0 Å². The predicted octanol–water partition coefficient (Wildman–Crippen LogP) is 6.58. The number of esters is 1. The van der Waals surface area contributed by atoms with Crippen molar-refractivity contribution in [2.45, 2.75) is 5.54 Å². The molecule has 1 aromatic heterocycles. The number of aromatic nitrogens is 2. The summed E-state index contributed by atoms with van der Waals surface area (Å²) in [5.41, 5.74) is 2.26. The van der Waals surface area contributed by atoms with Crippen molar-refractivity contribution in [2.75, 3.05) is 7.11 Å². The Labute approximate surface area is 198 Å². The molecule has 1 atom stereocenters. The lowest BCUT2D eigenvalue weighted by Crippen LogP contribution is -2.37. The van der Waals surface area contributed by atoms with Gasteiger partial charge in [-0.2, -0.15) is 0 Å². The number of rotatable bonds is 5. The number of methoxy groups -OCH3 is 1. The third-order valence-corrected chi connectivity index (χ3v) is 6.22. The Morgan fingerprint density at radius 2 is 1.81 bits per heavy atom. The summed E-state index contributed by atoms with van der Waals surface area (Å²) >= 11 is 16.6. The van der Waals surface area contributed by atoms with Crippen molar-refractivity contribution in [3.8, 4) is 0 Å². The van der Waals surface area contributed by atoms with E-state index in [4.69, 9.17) is 27.9 Å². The Balaban J connectivity index is 2.09. The third kappa shape index (κ3) is 3.89. The standard InChI is InChI=1S/C24H17BrCl2N2O2/c1-31-23(30)16-5-7-17(8-6-16)24(29-12-11-28-15-29,18-3-2-4-19(25)13-18)21-10-9-20(26)14-22(21)27/h2-15H,1H3. The SMILES string of the molecule is COC(=O)c1ccc(C(c2cccc(Br)c2)(c2ccc(Cl)cc2Cl)n2ccnc2)cc1. The van der Waals surface area contributed by atoms with E-state index in [0.29, 0.717) is 15.6 Å². The molecule has 0 aliphatic carbocycles. The molecule has 0 aliphatic rings. The minimum absolute atomic E-state index is 0.397. The number of nitrogens with zero attached hydrogens (tertiary/aromatic N) is 2. The van der Waals surface area contributed by atoms with Gasteiger partial charge in [-0.1, -0.05) is 69.5 Å². The molecule has 0 radical (unpaired) electrons. The second-order valence-electron chi connectivity index (χ2n) is 6.88. The highest BCUT2D eigenvalue weighted by Crippen LogP contribution is 2.44. The zero-order valence-corrected chi connectivity index (χ0v) is 19.5. The van der Waals surface area contributed by atoms with E-state index in [-0.39, 0.29) is 0 Å². The number of ether oxygens (including phenoxy) is 1. The molecule has 0 spiro atoms. The number of carbonyl (C=O) groups excluding carboxylic acids is 1. The number of benzene rings is 3. The molecule has 4 nitrogen and oxygen atoms in total. The van der Waals surface area contributed by atoms with Crippen LogP contribution in [0.5, 0.6) is 0 Å². The molecule has 4 rings (SSSR count). The highest BCUT2D eigenvalue weighted by Gasteiger charge is 2.40. The van der Waals surface area contributed by atoms with Crippen molar-refractivity contribution < 1.29 is 9.53 Å². The van der Waals surface area contributed by atoms with Gasteiger partial charge < -0.3 is 9.30 Å². The van der Waals surface area contributed by atoms with Crippen molar-refractivity contribution in [3.05, 3.63) is 122 Å². The molecule has 0 N–H and O–H groups in total. The van der Waals surface area contributed by atoms with Crippen molar-refractivity contribution in [2.24, 2.45) is 0 Å². The smallest absolute Gasteiger partial charge is 0.337 e. The van der Waals surface area contributed by atoms with Gasteiger partial charge >= 0.3 is 5.97 Å². The van der Waals surface area contributed by atoms with Gasteiger partial charge in [0.15, 0.2) is 0 Å². The number of carbonyl (C=O) groups is 1. The van der Waals surface area contributed by atoms with E-state index in [0.717, 1.165) is 21.2 Å². The predicted molar refractivity (Wildman–Crippen MR) is 126 cm³/mol. The molecule has 1 heterocycles. The maximum absolute atomic E-state index is 12.0. The lowest BCUT2D eigenvalue weighted by Gasteiger charge is -2.38. The molecule has 0 saturated heterocycles. The molecule has 0 fully saturated rings. The van der Waals surface area contributed by atoms with E-state index >= 15 is 0 Å². The second-order valence-corrected chi connectivity index (χ2v) is 8.64. The fraction of sp³-hybridized carbons (Fsp3) is 0.0833. The lowest BCUT2D eigenvalue weighted by molar-refractivity contribution is 0.0600. The molecular formula is C24H17BrCl2N2O2. The quantitative estimate of drug-likeness (QED) is 0.223. The van der Waals surface area contributed by atoms with Gasteiger partial charge in [-0.3, -0.25) is 0 Å². The fourth-order valence-corrected chi connectivity index (χ4v) is 4.78. The Hall–Kier alpha value is -2.60. The van der Waals surface area contributed by atoms with Crippen LogP contribution < -0.4 is 0 Å². The van der Waals surface area contributed by atoms with Crippen molar-refractivity contribution in [1.82, 2.24) is 9.55 Å². The highest BCUT2D eigenvalue weighted by atomic mass is 79.9. The summed E-state index contributed by atoms with van der Waals surface area (Å²) in [7, 11) is 1.36. The van der Waals surface area contributed by atoms with Gasteiger partial charge in [0.05, 0.1) is 19.0 Å². The number of hydrogen-bond donors (Lipinski definition) is 0. The number of hydrogen-bond acceptors (Lipinski definition) is 3. The molecule has 0 amide bonds. The Bertz CT molecular complexity index is 1230. The van der Waals surface area contributed by atoms with Crippen LogP contribution in [0.4, 0.5) is 0 Å². The minimum Gasteiger partial charge on any atom is -0.465 e. The summed E-state index contributed by atoms with van der Waals surface area (Å²) in [5.74, 6) is -0.397. The summed E-state index contributed by atoms with van der Waals surface area (Å²) in [6, 6.07) is 20.8. The van der Waals surface area contributed by atoms with E-state index in [1.807, 2.05) is 59.3 Å². The van der Waals surface area contributed by atoms with E-state index in [1.54, 1.807) is 30.7 Å². The molecule has 4 aromatic rings. The van der Waals surface area contributed by atoms with Crippen LogP contribution >= 0.6 is 39.1 Å². The molecular weight excluding hydrogens is 499 g/mol. The van der Waals surface area contributed by atoms with Crippen LogP contribution in [0, 0.1) is 0 Å². The van der Waals surface area contributed by atoms with Gasteiger partial charge in [-0.25, -0.2) is 9.78 Å². The molecule has 0 saturated carbocycles. The van der Waals surface area contributed by atoms with Crippen molar-refractivity contribution in [1.29, 1.82) is 0 Å². The molecule has 1 unspecified atom stereocenters. The topological polar surface area (TPSA) is 44.1 Å². The average Bonchev–Trinajstić information content (AvgIpc) is 3.31. The van der Waals surface area contributed by atoms with Crippen LogP contribution in [0.2, 0.25) is 10.0 Å². The largest absolute Gasteiger partial charge is 0.465 e. The first kappa shape index (κ1) is 21.6. The Kier molecular flexibility index (Phi) is 6.19. The summed E-state index contributed by atoms with van der Waals surface area (Å²) in [6.45, 7) is 0. The average molecular weight is 516 g/mol. The molecule has 7 heteroatoms. The van der Waals surface area contributed by atoms with Gasteiger partial charge in [-0.15, -0.1) is 0 Å². The van der Waals surface area contributed by atoms with Crippen LogP contribution in [-0.2, 0) is 10.3 Å². The maximum Gasteiger partial charge on any atom is 0.337 e. The first-order valence-corrected chi connectivity index (χ1v) is 10.9. The summed E-state index contributed by atoms with van der Waals surface area (Å²) in [5, 5.41) is 1.06. The zero-order valence-electron chi connectivity index (χ0n) is 16.4. The van der Waals surface area contributed by atoms with Gasteiger partial charge in [0.25, 0.3) is 0 Å². The van der Waals surface area contributed by atoms with Crippen LogP contribution in [0.25, 0.3) is 0 Å². The van der Waals surface area contributed by atoms with Crippen molar-refractivity contribution in [3.63, 3.8) is 0 Å². The van der Waals surface area contributed by atoms with Crippen LogP contribution in [0.15, 0.2) is 89.9 Å². The normalized spacial score (nSPS) is 12.9. The van der Waals surface area contributed by atoms with Crippen molar-refractivity contribution >= 4 is 45.1 Å². The Morgan fingerprint density at radius 1 is 1.03 bits per heavy atom. The highest BCUT2D eigenvalue weighted by molar-refractivity contribution is 9.10. The van der Waals surface area contributed by atoms with Gasteiger partial charge in [-0.05, 0) is 47.5 Å². The molecule has 156 valence electrons. The minimum atomic E-state index is -0.864. The van der Waals surface area contributed by atoms with Crippen LogP contribution in [0.1, 0.15) is 27.0 Å². The van der Waals surface area contributed by atoms with Gasteiger partial charge in [0.1, 0.15) is 5.54 Å². The molecule has 3 aromatic carbocycles. The third-order valence-electron chi connectivity index (χ3n) is 5.18. The second kappa shape index (κ2) is 8.87. The summed E-state index contributed by atoms with van der Waals surface area (Å²) < 4.78 is 7.77. The lowest BCUT2D eigenvalue weighted by atomic mass is 9.76. The van der Waals surface area contributed by atoms with Gasteiger partial charge in [0.2, 0.25) is 0 Å². The summed E-state index contributed by atoms with van der Waals surface area (Å²) in [4.78, 5) is 16.3. The van der Waals surface area contributed by atoms with E-state index < -0.39 is 11.5 Å². The zero-order chi connectivity index (χ0) is 22.0. The molecule has 31 heavy (non-hydrogen) atoms. The fourth-order valence-electron chi connectivity index (χ4n) is 3.83. The number of imidazole rings is 1. The van der Waals surface area contributed by atoms with E-state index in [1.165, 1.54) is 7.11 Å². The molecule has 0 aliphatic heterocycles. The van der Waals surface area contributed by atoms with E-state index in [2.05, 4.69) is 20.9 Å². The van der Waals surface area contributed by atoms with Crippen LogP contribution in [-0.4, -0.2) is 22.6 Å². The monoisotopic (exact) mass is 514 g/mol. The van der Waals surface area contributed by atoms with E-state index in [9.17, 15) is 4.79 Å². The molecule has 0 bridgehead atoms.